The van der Waals surface area contributed by atoms with Crippen LogP contribution in [0.1, 0.15) is 64.7 Å². The van der Waals surface area contributed by atoms with E-state index in [2.05, 4.69) is 62.2 Å². The number of ether oxygens (including phenoxy) is 4. The second-order valence-electron chi connectivity index (χ2n) is 19.3. The van der Waals surface area contributed by atoms with E-state index in [-0.39, 0.29) is 63.2 Å². The van der Waals surface area contributed by atoms with E-state index in [1.54, 1.807) is 9.62 Å². The van der Waals surface area contributed by atoms with Crippen LogP contribution in [0.15, 0.2) is 75.0 Å². The normalized spacial score (nSPS) is 12.4. The van der Waals surface area contributed by atoms with Gasteiger partial charge in [0.2, 0.25) is 40.8 Å². The number of fused-ring (bicyclic) bond motifs is 1. The van der Waals surface area contributed by atoms with E-state index in [9.17, 15) is 37.0 Å². The number of methoxy groups -OCH3 is 2. The third-order valence-corrected chi connectivity index (χ3v) is 13.4. The Morgan fingerprint density at radius 3 is 2.10 bits per heavy atom. The summed E-state index contributed by atoms with van der Waals surface area (Å²) in [4.78, 5) is 99.5. The molecule has 6 aromatic rings. The standard InChI is InChI=1S/C15H14Cl2N2O3.C15H18N6O6S.C11H11Cl2NO2.C8H14ClN5.C3H8NO5P/c1-5-6-21-12-8-11(9(16)7-10(12)17)19-14(20)22-13(18-19)15(2,3)4;1-21(2)13(22)9-6-5-7-16-12(9)28(24,25)20-15(23)19-14-17-10(26-3)8-11(18-14)27-4;1-7-6-16-9-5-3-2-4-8(9)14(7)11(15)10(12)13;1-4-10-7-12-6(9)13-8(14-7)11-5(2)3;5-3(6)1-4-2-10(7,8)9/h1,7-8H,6H2,2-4H3;5-8H,1-4H3,(H2,17,18,19,20,23);2-5,7,10H,6H2,1H3;5H,4H2,1-3H3,(H2,10,11,12,13,14);4H,1-2H2,(H,5,6)(H2,7,8,9). The lowest BCUT2D eigenvalue weighted by Crippen LogP contribution is -2.47. The Morgan fingerprint density at radius 1 is 0.922 bits per heavy atom. The maximum atomic E-state index is 12.5. The van der Waals surface area contributed by atoms with Gasteiger partial charge in [-0.15, -0.1) is 11.5 Å². The topological polar surface area (TPSA) is 409 Å². The van der Waals surface area contributed by atoms with Gasteiger partial charge in [-0.25, -0.2) is 19.3 Å². The molecule has 4 amide bonds. The Hall–Kier alpha value is -7.83. The SMILES string of the molecule is C#CCOc1cc(-n2nc(C(C)(C)C)oc2=O)c(Cl)cc1Cl.CC1COc2ccccc2N1C(=O)C(Cl)Cl.CCNc1nc(Cl)nc(NC(C)C)n1.COc1cc(OC)nc(NC(=O)NS(=O)(=O)c2ncccc2C(=O)N(C)C)n1.O=C(O)CNCP(=O)(O)O. The maximum Gasteiger partial charge on any atom is 0.442 e. The first kappa shape index (κ1) is 76.4. The van der Waals surface area contributed by atoms with Crippen molar-refractivity contribution in [2.75, 3.05) is 81.8 Å². The molecule has 1 atom stereocenters. The van der Waals surface area contributed by atoms with E-state index in [0.717, 1.165) is 16.9 Å². The molecule has 2 aromatic carbocycles. The summed E-state index contributed by atoms with van der Waals surface area (Å²) in [5.74, 6) is 1.86. The van der Waals surface area contributed by atoms with E-state index in [4.69, 9.17) is 103 Å². The summed E-state index contributed by atoms with van der Waals surface area (Å²) in [6, 6.07) is 13.4. The van der Waals surface area contributed by atoms with Gasteiger partial charge in [0, 0.05) is 44.4 Å². The van der Waals surface area contributed by atoms with Crippen molar-refractivity contribution >= 4 is 123 Å². The lowest BCUT2D eigenvalue weighted by atomic mass is 9.97. The number of carboxylic acid groups (broad SMARTS) is 1. The van der Waals surface area contributed by atoms with Crippen molar-refractivity contribution in [1.82, 2.24) is 54.6 Å². The van der Waals surface area contributed by atoms with Crippen molar-refractivity contribution in [3.8, 4) is 41.3 Å². The molecule has 90 heavy (non-hydrogen) atoms. The maximum absolute atomic E-state index is 12.5. The van der Waals surface area contributed by atoms with E-state index in [1.165, 1.54) is 69.7 Å². The number of hydrogen-bond donors (Lipinski definition) is 8. The Kier molecular flexibility index (Phi) is 30.2. The van der Waals surface area contributed by atoms with E-state index in [0.29, 0.717) is 41.6 Å². The van der Waals surface area contributed by atoms with Gasteiger partial charge in [0.15, 0.2) is 9.86 Å². The van der Waals surface area contributed by atoms with Gasteiger partial charge in [0.25, 0.3) is 21.8 Å². The Morgan fingerprint density at radius 2 is 1.56 bits per heavy atom. The number of pyridine rings is 1. The van der Waals surface area contributed by atoms with Gasteiger partial charge in [0.1, 0.15) is 24.7 Å². The Labute approximate surface area is 542 Å². The highest BCUT2D eigenvalue weighted by Gasteiger charge is 2.33. The molecular weight excluding hydrogens is 1330 g/mol. The second-order valence-corrected chi connectivity index (χ2v) is 24.8. The average Bonchev–Trinajstić information content (AvgIpc) is 1.99. The number of aromatic nitrogens is 8. The number of nitrogens with zero attached hydrogens (tertiary/aromatic N) is 10. The molecule has 4 aromatic heterocycles. The van der Waals surface area contributed by atoms with Crippen LogP contribution in [0.25, 0.3) is 5.69 Å². The number of rotatable bonds is 18. The molecular formula is C52H65Cl5N15O16PS. The molecule has 0 spiro atoms. The fourth-order valence-corrected chi connectivity index (χ4v) is 8.91. The zero-order valence-electron chi connectivity index (χ0n) is 50.0. The third kappa shape index (κ3) is 24.9. The minimum absolute atomic E-state index is 0.0434. The zero-order valence-corrected chi connectivity index (χ0v) is 55.5. The predicted molar refractivity (Wildman–Crippen MR) is 337 cm³/mol. The number of carboxylic acids is 1. The van der Waals surface area contributed by atoms with Crippen LogP contribution in [-0.2, 0) is 29.6 Å². The molecule has 0 bridgehead atoms. The number of benzene rings is 2. The van der Waals surface area contributed by atoms with Crippen LogP contribution in [-0.4, -0.2) is 170 Å². The molecule has 5 heterocycles. The van der Waals surface area contributed by atoms with E-state index in [1.807, 2.05) is 72.7 Å². The highest BCUT2D eigenvalue weighted by atomic mass is 35.5. The number of alkyl halides is 2. The predicted octanol–water partition coefficient (Wildman–Crippen LogP) is 6.72. The van der Waals surface area contributed by atoms with Crippen LogP contribution in [0.5, 0.6) is 23.3 Å². The van der Waals surface area contributed by atoms with Gasteiger partial charge in [-0.05, 0) is 69.6 Å². The number of amides is 4. The van der Waals surface area contributed by atoms with Gasteiger partial charge >= 0.3 is 25.4 Å². The number of para-hydroxylation sites is 2. The number of sulfonamides is 1. The molecule has 8 N–H and O–H groups in total. The van der Waals surface area contributed by atoms with Crippen LogP contribution in [0.2, 0.25) is 15.3 Å². The molecule has 7 rings (SSSR count). The minimum atomic E-state index is -4.46. The summed E-state index contributed by atoms with van der Waals surface area (Å²) < 4.78 is 63.8. The van der Waals surface area contributed by atoms with Crippen LogP contribution < -0.4 is 55.6 Å². The van der Waals surface area contributed by atoms with Crippen LogP contribution in [0, 0.1) is 12.3 Å². The number of carbonyl (C=O) groups excluding carboxylic acids is 3. The van der Waals surface area contributed by atoms with Crippen molar-refractivity contribution in [3.05, 3.63) is 98.1 Å². The average molecular weight is 1400 g/mol. The Balaban J connectivity index is 0.000000306. The first-order valence-corrected chi connectivity index (χ1v) is 31.2. The summed E-state index contributed by atoms with van der Waals surface area (Å²) >= 11 is 29.2. The van der Waals surface area contributed by atoms with E-state index < -0.39 is 69.4 Å². The number of halogens is 5. The zero-order chi connectivity index (χ0) is 67.8. The van der Waals surface area contributed by atoms with Crippen LogP contribution >= 0.6 is 65.6 Å². The molecule has 0 saturated carbocycles. The summed E-state index contributed by atoms with van der Waals surface area (Å²) in [6.45, 7) is 14.3. The summed E-state index contributed by atoms with van der Waals surface area (Å²) in [5, 5.41) is 22.6. The molecule has 0 saturated heterocycles. The number of urea groups is 1. The summed E-state index contributed by atoms with van der Waals surface area (Å²) in [5.41, 5.74) is 0.429. The monoisotopic (exact) mass is 1390 g/mol. The lowest BCUT2D eigenvalue weighted by Gasteiger charge is -2.35. The van der Waals surface area contributed by atoms with E-state index >= 15 is 0 Å². The Bertz CT molecular complexity index is 3680. The highest BCUT2D eigenvalue weighted by Crippen LogP contribution is 2.36. The van der Waals surface area contributed by atoms with Crippen LogP contribution in [0.3, 0.4) is 0 Å². The fraction of sp³-hybridized carbons (Fsp3) is 0.385. The number of aliphatic carboxylic acids is 1. The smallest absolute Gasteiger partial charge is 0.442 e. The molecule has 0 radical (unpaired) electrons. The minimum Gasteiger partial charge on any atom is -0.489 e. The quantitative estimate of drug-likeness (QED) is 0.0251. The largest absolute Gasteiger partial charge is 0.489 e. The highest BCUT2D eigenvalue weighted by molar-refractivity contribution is 7.90. The molecule has 490 valence electrons. The summed E-state index contributed by atoms with van der Waals surface area (Å²) in [6.07, 6.45) is 5.75. The molecule has 0 aliphatic carbocycles. The number of carbonyl (C=O) groups is 4. The first-order chi connectivity index (χ1) is 42.0. The van der Waals surface area contributed by atoms with Gasteiger partial charge < -0.3 is 58.7 Å². The molecule has 1 aliphatic heterocycles. The lowest BCUT2D eigenvalue weighted by molar-refractivity contribution is -0.135. The van der Waals surface area contributed by atoms with Gasteiger partial charge in [0.05, 0.1) is 66.1 Å². The number of hydrogen-bond acceptors (Lipinski definition) is 23. The van der Waals surface area contributed by atoms with Crippen molar-refractivity contribution in [2.24, 2.45) is 0 Å². The summed E-state index contributed by atoms with van der Waals surface area (Å²) in [7, 11) is -2.94. The first-order valence-electron chi connectivity index (χ1n) is 25.9. The molecule has 31 nitrogen and oxygen atoms in total. The van der Waals surface area contributed by atoms with Gasteiger partial charge in [-0.2, -0.15) is 38.0 Å². The van der Waals surface area contributed by atoms with Crippen molar-refractivity contribution in [1.29, 1.82) is 0 Å². The molecule has 1 aliphatic rings. The molecule has 0 fully saturated rings. The third-order valence-electron chi connectivity index (χ3n) is 10.4. The second kappa shape index (κ2) is 35.5. The molecule has 1 unspecified atom stereocenters. The van der Waals surface area contributed by atoms with Crippen LogP contribution in [0.4, 0.5) is 28.3 Å². The molecule has 38 heteroatoms. The number of nitrogens with one attached hydrogen (secondary N) is 5. The number of anilines is 4. The van der Waals surface area contributed by atoms with Crippen molar-refractivity contribution in [2.45, 2.75) is 75.8 Å². The van der Waals surface area contributed by atoms with Crippen molar-refractivity contribution < 1.29 is 70.4 Å². The van der Waals surface area contributed by atoms with Gasteiger partial charge in [-0.1, -0.05) is 85.2 Å². The van der Waals surface area contributed by atoms with Gasteiger partial charge in [-0.3, -0.25) is 29.6 Å². The number of terminal acetylenes is 1. The van der Waals surface area contributed by atoms with Crippen molar-refractivity contribution in [3.63, 3.8) is 0 Å². The fourth-order valence-electron chi connectivity index (χ4n) is 6.58.